The summed E-state index contributed by atoms with van der Waals surface area (Å²) in [5.41, 5.74) is 0. The maximum atomic E-state index is 12.3. The molecule has 2 unspecified atom stereocenters. The van der Waals surface area contributed by atoms with E-state index in [0.717, 1.165) is 19.3 Å². The molecule has 1 aliphatic carbocycles. The van der Waals surface area contributed by atoms with Crippen LogP contribution in [0, 0.1) is 5.92 Å². The van der Waals surface area contributed by atoms with Crippen LogP contribution in [0.5, 0.6) is 0 Å². The minimum absolute atomic E-state index is 0.214. The predicted octanol–water partition coefficient (Wildman–Crippen LogP) is 3.59. The van der Waals surface area contributed by atoms with E-state index in [-0.39, 0.29) is 5.92 Å². The quantitative estimate of drug-likeness (QED) is 0.725. The standard InChI is InChI=1S/C13H24BrNO/c1-4-10(5-2)13(16)15(3)12-9-7-6-8-11(12)14/h10-12H,4-9H2,1-3H3. The molecule has 1 saturated carbocycles. The van der Waals surface area contributed by atoms with Crippen LogP contribution in [-0.2, 0) is 4.79 Å². The third kappa shape index (κ3) is 3.22. The molecule has 1 fully saturated rings. The van der Waals surface area contributed by atoms with E-state index in [4.69, 9.17) is 0 Å². The first-order valence-electron chi connectivity index (χ1n) is 6.52. The molecule has 1 amide bonds. The molecule has 0 heterocycles. The number of hydrogen-bond donors (Lipinski definition) is 0. The van der Waals surface area contributed by atoms with E-state index >= 15 is 0 Å². The highest BCUT2D eigenvalue weighted by Gasteiger charge is 2.31. The van der Waals surface area contributed by atoms with Gasteiger partial charge < -0.3 is 4.90 Å². The van der Waals surface area contributed by atoms with Crippen molar-refractivity contribution in [2.45, 2.75) is 63.2 Å². The molecule has 0 N–H and O–H groups in total. The number of carbonyl (C=O) groups is 1. The van der Waals surface area contributed by atoms with Crippen LogP contribution in [-0.4, -0.2) is 28.7 Å². The molecular formula is C13H24BrNO. The van der Waals surface area contributed by atoms with Gasteiger partial charge in [0, 0.05) is 23.8 Å². The number of carbonyl (C=O) groups excluding carboxylic acids is 1. The lowest BCUT2D eigenvalue weighted by molar-refractivity contribution is -0.137. The Bertz CT molecular complexity index is 228. The Labute approximate surface area is 108 Å². The first-order chi connectivity index (χ1) is 7.61. The summed E-state index contributed by atoms with van der Waals surface area (Å²) in [4.78, 5) is 14.7. The molecular weight excluding hydrogens is 266 g/mol. The van der Waals surface area contributed by atoms with E-state index in [0.29, 0.717) is 16.8 Å². The summed E-state index contributed by atoms with van der Waals surface area (Å²) in [5, 5.41) is 0. The lowest BCUT2D eigenvalue weighted by Gasteiger charge is -2.36. The van der Waals surface area contributed by atoms with Crippen molar-refractivity contribution < 1.29 is 4.79 Å². The average Bonchev–Trinajstić information content (AvgIpc) is 2.30. The normalized spacial score (nSPS) is 25.8. The maximum absolute atomic E-state index is 12.3. The molecule has 94 valence electrons. The van der Waals surface area contributed by atoms with Crippen LogP contribution in [0.15, 0.2) is 0 Å². The third-order valence-corrected chi connectivity index (χ3v) is 4.90. The molecule has 2 atom stereocenters. The van der Waals surface area contributed by atoms with Gasteiger partial charge >= 0.3 is 0 Å². The van der Waals surface area contributed by atoms with Crippen LogP contribution in [0.3, 0.4) is 0 Å². The van der Waals surface area contributed by atoms with E-state index in [2.05, 4.69) is 29.8 Å². The lowest BCUT2D eigenvalue weighted by atomic mass is 9.92. The first-order valence-corrected chi connectivity index (χ1v) is 7.44. The SMILES string of the molecule is CCC(CC)C(=O)N(C)C1CCCCC1Br. The van der Waals surface area contributed by atoms with Gasteiger partial charge in [-0.2, -0.15) is 0 Å². The largest absolute Gasteiger partial charge is 0.341 e. The molecule has 3 heteroatoms. The summed E-state index contributed by atoms with van der Waals surface area (Å²) in [6, 6.07) is 0.404. The predicted molar refractivity (Wildman–Crippen MR) is 71.8 cm³/mol. The fourth-order valence-corrected chi connectivity index (χ4v) is 3.53. The van der Waals surface area contributed by atoms with Crippen molar-refractivity contribution in [1.29, 1.82) is 0 Å². The zero-order chi connectivity index (χ0) is 12.1. The molecule has 0 aromatic carbocycles. The Morgan fingerprint density at radius 1 is 1.31 bits per heavy atom. The summed E-state index contributed by atoms with van der Waals surface area (Å²) in [5.74, 6) is 0.549. The molecule has 1 aliphatic rings. The Balaban J connectivity index is 2.60. The van der Waals surface area contributed by atoms with Gasteiger partial charge in [0.25, 0.3) is 0 Å². The summed E-state index contributed by atoms with van der Waals surface area (Å²) in [6.45, 7) is 4.21. The molecule has 0 saturated heterocycles. The van der Waals surface area contributed by atoms with Crippen LogP contribution < -0.4 is 0 Å². The van der Waals surface area contributed by atoms with Crippen LogP contribution >= 0.6 is 15.9 Å². The number of nitrogens with zero attached hydrogens (tertiary/aromatic N) is 1. The van der Waals surface area contributed by atoms with Gasteiger partial charge in [-0.15, -0.1) is 0 Å². The second kappa shape index (κ2) is 6.63. The maximum Gasteiger partial charge on any atom is 0.225 e. The Morgan fingerprint density at radius 2 is 1.88 bits per heavy atom. The van der Waals surface area contributed by atoms with Crippen LogP contribution in [0.4, 0.5) is 0 Å². The molecule has 16 heavy (non-hydrogen) atoms. The van der Waals surface area contributed by atoms with Gasteiger partial charge in [0.15, 0.2) is 0 Å². The Morgan fingerprint density at radius 3 is 2.38 bits per heavy atom. The number of halogens is 1. The topological polar surface area (TPSA) is 20.3 Å². The number of amides is 1. The monoisotopic (exact) mass is 289 g/mol. The highest BCUT2D eigenvalue weighted by atomic mass is 79.9. The molecule has 0 aromatic rings. The van der Waals surface area contributed by atoms with Gasteiger partial charge in [0.2, 0.25) is 5.91 Å². The molecule has 0 aromatic heterocycles. The van der Waals surface area contributed by atoms with Gasteiger partial charge in [0.1, 0.15) is 0 Å². The minimum atomic E-state index is 0.214. The molecule has 1 rings (SSSR count). The molecule has 2 nitrogen and oxygen atoms in total. The smallest absolute Gasteiger partial charge is 0.225 e. The number of hydrogen-bond acceptors (Lipinski definition) is 1. The highest BCUT2D eigenvalue weighted by Crippen LogP contribution is 2.29. The summed E-state index contributed by atoms with van der Waals surface area (Å²) < 4.78 is 0. The fraction of sp³-hybridized carbons (Fsp3) is 0.923. The van der Waals surface area contributed by atoms with Crippen LogP contribution in [0.2, 0.25) is 0 Å². The highest BCUT2D eigenvalue weighted by molar-refractivity contribution is 9.09. The van der Waals surface area contributed by atoms with Crippen molar-refractivity contribution in [3.63, 3.8) is 0 Å². The first kappa shape index (κ1) is 14.0. The van der Waals surface area contributed by atoms with Gasteiger partial charge in [-0.3, -0.25) is 4.79 Å². The van der Waals surface area contributed by atoms with Crippen LogP contribution in [0.25, 0.3) is 0 Å². The molecule has 0 bridgehead atoms. The van der Waals surface area contributed by atoms with E-state index in [1.807, 2.05) is 11.9 Å². The van der Waals surface area contributed by atoms with Crippen molar-refractivity contribution in [3.8, 4) is 0 Å². The van der Waals surface area contributed by atoms with Crippen molar-refractivity contribution in [3.05, 3.63) is 0 Å². The molecule has 0 radical (unpaired) electrons. The Hall–Kier alpha value is -0.0500. The minimum Gasteiger partial charge on any atom is -0.341 e. The number of alkyl halides is 1. The van der Waals surface area contributed by atoms with Crippen molar-refractivity contribution in [2.24, 2.45) is 5.92 Å². The second-order valence-corrected chi connectivity index (χ2v) is 6.01. The second-order valence-electron chi connectivity index (χ2n) is 4.83. The summed E-state index contributed by atoms with van der Waals surface area (Å²) >= 11 is 3.72. The van der Waals surface area contributed by atoms with Gasteiger partial charge in [-0.25, -0.2) is 0 Å². The van der Waals surface area contributed by atoms with E-state index in [9.17, 15) is 4.79 Å². The Kier molecular flexibility index (Phi) is 5.81. The van der Waals surface area contributed by atoms with E-state index in [1.165, 1.54) is 19.3 Å². The van der Waals surface area contributed by atoms with E-state index < -0.39 is 0 Å². The zero-order valence-corrected chi connectivity index (χ0v) is 12.3. The molecule has 0 spiro atoms. The zero-order valence-electron chi connectivity index (χ0n) is 10.7. The van der Waals surface area contributed by atoms with Crippen molar-refractivity contribution >= 4 is 21.8 Å². The summed E-state index contributed by atoms with van der Waals surface area (Å²) in [7, 11) is 1.98. The van der Waals surface area contributed by atoms with Crippen LogP contribution in [0.1, 0.15) is 52.4 Å². The third-order valence-electron chi connectivity index (χ3n) is 3.83. The van der Waals surface area contributed by atoms with Gasteiger partial charge in [-0.1, -0.05) is 42.6 Å². The van der Waals surface area contributed by atoms with Gasteiger partial charge in [0.05, 0.1) is 0 Å². The molecule has 0 aliphatic heterocycles. The lowest BCUT2D eigenvalue weighted by Crippen LogP contribution is -2.46. The van der Waals surface area contributed by atoms with Gasteiger partial charge in [-0.05, 0) is 25.7 Å². The van der Waals surface area contributed by atoms with Crippen molar-refractivity contribution in [1.82, 2.24) is 4.90 Å². The average molecular weight is 290 g/mol. The fourth-order valence-electron chi connectivity index (χ4n) is 2.59. The van der Waals surface area contributed by atoms with E-state index in [1.54, 1.807) is 0 Å². The number of rotatable bonds is 4. The van der Waals surface area contributed by atoms with Crippen molar-refractivity contribution in [2.75, 3.05) is 7.05 Å². The summed E-state index contributed by atoms with van der Waals surface area (Å²) in [6.07, 6.45) is 6.81.